The zero-order valence-electron chi connectivity index (χ0n) is 15.1. The van der Waals surface area contributed by atoms with E-state index in [1.807, 2.05) is 4.90 Å². The predicted molar refractivity (Wildman–Crippen MR) is 95.2 cm³/mol. The Morgan fingerprint density at radius 1 is 1.15 bits per heavy atom. The number of nitrogens with zero attached hydrogens (tertiary/aromatic N) is 2. The van der Waals surface area contributed by atoms with E-state index in [9.17, 15) is 9.18 Å². The molecule has 4 rings (SSSR count). The SMILES string of the molecule is O=C(CCc1ncc(-c2ccc(F)cc2)o1)N1CCC(C2OCCO2)CC1. The minimum atomic E-state index is -0.293. The Morgan fingerprint density at radius 3 is 2.56 bits per heavy atom. The Labute approximate surface area is 157 Å². The van der Waals surface area contributed by atoms with Crippen LogP contribution in [-0.4, -0.2) is 48.4 Å². The molecule has 2 aliphatic heterocycles. The van der Waals surface area contributed by atoms with Gasteiger partial charge in [-0.05, 0) is 37.1 Å². The number of rotatable bonds is 5. The third kappa shape index (κ3) is 4.36. The van der Waals surface area contributed by atoms with Crippen molar-refractivity contribution in [3.63, 3.8) is 0 Å². The molecule has 2 saturated heterocycles. The number of piperidine rings is 1. The maximum absolute atomic E-state index is 13.0. The molecule has 0 saturated carbocycles. The standard InChI is InChI=1S/C20H23FN2O4/c21-16-3-1-14(2-4-16)17-13-22-18(27-17)5-6-19(24)23-9-7-15(8-10-23)20-25-11-12-26-20/h1-4,13,15,20H,5-12H2. The summed E-state index contributed by atoms with van der Waals surface area (Å²) in [7, 11) is 0. The fraction of sp³-hybridized carbons (Fsp3) is 0.500. The number of halogens is 1. The van der Waals surface area contributed by atoms with E-state index in [2.05, 4.69) is 4.98 Å². The molecule has 0 N–H and O–H groups in total. The van der Waals surface area contributed by atoms with Gasteiger partial charge in [0.25, 0.3) is 0 Å². The first kappa shape index (κ1) is 18.1. The fourth-order valence-electron chi connectivity index (χ4n) is 3.62. The molecule has 0 aliphatic carbocycles. The molecular formula is C20H23FN2O4. The molecule has 3 heterocycles. The molecule has 2 aromatic rings. The van der Waals surface area contributed by atoms with Crippen LogP contribution < -0.4 is 0 Å². The second kappa shape index (κ2) is 8.19. The first-order valence-electron chi connectivity index (χ1n) is 9.40. The zero-order chi connectivity index (χ0) is 18.6. The predicted octanol–water partition coefficient (Wildman–Crippen LogP) is 3.02. The first-order chi connectivity index (χ1) is 13.2. The summed E-state index contributed by atoms with van der Waals surface area (Å²) in [4.78, 5) is 18.6. The summed E-state index contributed by atoms with van der Waals surface area (Å²) >= 11 is 0. The minimum absolute atomic E-state index is 0.0977. The number of carbonyl (C=O) groups excluding carboxylic acids is 1. The summed E-state index contributed by atoms with van der Waals surface area (Å²) in [6.07, 6.45) is 4.15. The van der Waals surface area contributed by atoms with Crippen LogP contribution in [0.5, 0.6) is 0 Å². The van der Waals surface area contributed by atoms with Crippen LogP contribution in [0.2, 0.25) is 0 Å². The molecule has 2 fully saturated rings. The number of aromatic nitrogens is 1. The number of amides is 1. The molecule has 0 spiro atoms. The Morgan fingerprint density at radius 2 is 1.85 bits per heavy atom. The summed E-state index contributed by atoms with van der Waals surface area (Å²) in [6.45, 7) is 2.80. The van der Waals surface area contributed by atoms with Crippen molar-refractivity contribution in [3.05, 3.63) is 42.2 Å². The van der Waals surface area contributed by atoms with Crippen LogP contribution in [0.1, 0.15) is 25.2 Å². The largest absolute Gasteiger partial charge is 0.441 e. The van der Waals surface area contributed by atoms with Gasteiger partial charge in [-0.25, -0.2) is 9.37 Å². The highest BCUT2D eigenvalue weighted by Crippen LogP contribution is 2.26. The molecule has 6 nitrogen and oxygen atoms in total. The summed E-state index contributed by atoms with van der Waals surface area (Å²) in [5.74, 6) is 1.30. The number of hydrogen-bond donors (Lipinski definition) is 0. The lowest BCUT2D eigenvalue weighted by atomic mass is 9.96. The van der Waals surface area contributed by atoms with Crippen molar-refractivity contribution in [3.8, 4) is 11.3 Å². The summed E-state index contributed by atoms with van der Waals surface area (Å²) in [5, 5.41) is 0. The van der Waals surface area contributed by atoms with Gasteiger partial charge in [0, 0.05) is 37.4 Å². The second-order valence-corrected chi connectivity index (χ2v) is 6.95. The number of likely N-dealkylation sites (tertiary alicyclic amines) is 1. The zero-order valence-corrected chi connectivity index (χ0v) is 15.1. The van der Waals surface area contributed by atoms with Crippen LogP contribution in [0.4, 0.5) is 4.39 Å². The normalized spacial score (nSPS) is 18.9. The highest BCUT2D eigenvalue weighted by atomic mass is 19.1. The minimum Gasteiger partial charge on any atom is -0.441 e. The average molecular weight is 374 g/mol. The summed E-state index contributed by atoms with van der Waals surface area (Å²) in [5.41, 5.74) is 0.764. The number of ether oxygens (including phenoxy) is 2. The third-order valence-corrected chi connectivity index (χ3v) is 5.16. The molecule has 2 aliphatic rings. The number of aryl methyl sites for hydroxylation is 1. The van der Waals surface area contributed by atoms with Crippen molar-refractivity contribution >= 4 is 5.91 Å². The number of oxazole rings is 1. The monoisotopic (exact) mass is 374 g/mol. The van der Waals surface area contributed by atoms with E-state index >= 15 is 0 Å². The van der Waals surface area contributed by atoms with Gasteiger partial charge in [-0.3, -0.25) is 4.79 Å². The highest BCUT2D eigenvalue weighted by molar-refractivity contribution is 5.76. The van der Waals surface area contributed by atoms with Gasteiger partial charge in [-0.2, -0.15) is 0 Å². The number of benzene rings is 1. The maximum atomic E-state index is 13.0. The second-order valence-electron chi connectivity index (χ2n) is 6.95. The van der Waals surface area contributed by atoms with Gasteiger partial charge >= 0.3 is 0 Å². The van der Waals surface area contributed by atoms with Crippen molar-refractivity contribution in [2.24, 2.45) is 5.92 Å². The van der Waals surface area contributed by atoms with Crippen LogP contribution in [0, 0.1) is 11.7 Å². The Kier molecular flexibility index (Phi) is 5.50. The molecule has 7 heteroatoms. The molecule has 144 valence electrons. The molecule has 0 radical (unpaired) electrons. The van der Waals surface area contributed by atoms with Crippen LogP contribution in [-0.2, 0) is 20.7 Å². The van der Waals surface area contributed by atoms with E-state index in [0.29, 0.717) is 43.6 Å². The molecular weight excluding hydrogens is 351 g/mol. The molecule has 1 aromatic carbocycles. The van der Waals surface area contributed by atoms with Crippen molar-refractivity contribution in [2.75, 3.05) is 26.3 Å². The molecule has 0 unspecified atom stereocenters. The van der Waals surface area contributed by atoms with Gasteiger partial charge in [0.1, 0.15) is 5.82 Å². The summed E-state index contributed by atoms with van der Waals surface area (Å²) < 4.78 is 29.8. The first-order valence-corrected chi connectivity index (χ1v) is 9.40. The molecule has 27 heavy (non-hydrogen) atoms. The van der Waals surface area contributed by atoms with E-state index < -0.39 is 0 Å². The van der Waals surface area contributed by atoms with Gasteiger partial charge in [-0.1, -0.05) is 0 Å². The van der Waals surface area contributed by atoms with Crippen LogP contribution in [0.3, 0.4) is 0 Å². The van der Waals surface area contributed by atoms with Crippen LogP contribution >= 0.6 is 0 Å². The Bertz CT molecular complexity index is 763. The highest BCUT2D eigenvalue weighted by Gasteiger charge is 2.31. The molecule has 0 atom stereocenters. The van der Waals surface area contributed by atoms with E-state index in [1.165, 1.54) is 12.1 Å². The molecule has 1 amide bonds. The number of hydrogen-bond acceptors (Lipinski definition) is 5. The van der Waals surface area contributed by atoms with Crippen molar-refractivity contribution in [2.45, 2.75) is 32.0 Å². The maximum Gasteiger partial charge on any atom is 0.223 e. The molecule has 0 bridgehead atoms. The lowest BCUT2D eigenvalue weighted by Gasteiger charge is -2.33. The van der Waals surface area contributed by atoms with Crippen molar-refractivity contribution < 1.29 is 23.1 Å². The Hall–Kier alpha value is -2.25. The van der Waals surface area contributed by atoms with Gasteiger partial charge in [-0.15, -0.1) is 0 Å². The quantitative estimate of drug-likeness (QED) is 0.805. The van der Waals surface area contributed by atoms with Gasteiger partial charge in [0.05, 0.1) is 19.4 Å². The van der Waals surface area contributed by atoms with E-state index in [-0.39, 0.29) is 18.0 Å². The third-order valence-electron chi connectivity index (χ3n) is 5.16. The lowest BCUT2D eigenvalue weighted by molar-refractivity contribution is -0.136. The van der Waals surface area contributed by atoms with E-state index in [4.69, 9.17) is 13.9 Å². The van der Waals surface area contributed by atoms with Crippen molar-refractivity contribution in [1.29, 1.82) is 0 Å². The number of carbonyl (C=O) groups is 1. The van der Waals surface area contributed by atoms with Crippen LogP contribution in [0.15, 0.2) is 34.9 Å². The Balaban J connectivity index is 1.25. The summed E-state index contributed by atoms with van der Waals surface area (Å²) in [6, 6.07) is 6.05. The van der Waals surface area contributed by atoms with Gasteiger partial charge < -0.3 is 18.8 Å². The van der Waals surface area contributed by atoms with Gasteiger partial charge in [0.15, 0.2) is 17.9 Å². The topological polar surface area (TPSA) is 64.8 Å². The smallest absolute Gasteiger partial charge is 0.223 e. The van der Waals surface area contributed by atoms with E-state index in [0.717, 1.165) is 31.5 Å². The average Bonchev–Trinajstić information content (AvgIpc) is 3.39. The molecule has 1 aromatic heterocycles. The fourth-order valence-corrected chi connectivity index (χ4v) is 3.62. The lowest BCUT2D eigenvalue weighted by Crippen LogP contribution is -2.41. The van der Waals surface area contributed by atoms with Crippen molar-refractivity contribution in [1.82, 2.24) is 9.88 Å². The van der Waals surface area contributed by atoms with Crippen LogP contribution in [0.25, 0.3) is 11.3 Å². The van der Waals surface area contributed by atoms with E-state index in [1.54, 1.807) is 18.3 Å². The van der Waals surface area contributed by atoms with Gasteiger partial charge in [0.2, 0.25) is 5.91 Å².